The Balaban J connectivity index is 0.000000256. The van der Waals surface area contributed by atoms with Crippen molar-refractivity contribution in [3.05, 3.63) is 124 Å². The smallest absolute Gasteiger partial charge is 0.335 e. The van der Waals surface area contributed by atoms with E-state index in [9.17, 15) is 19.2 Å². The first kappa shape index (κ1) is 31.9. The van der Waals surface area contributed by atoms with Crippen LogP contribution in [0.4, 0.5) is 0 Å². The third-order valence-electron chi connectivity index (χ3n) is 7.83. The molecule has 0 saturated carbocycles. The van der Waals surface area contributed by atoms with Crippen LogP contribution in [0.5, 0.6) is 0 Å². The molecule has 2 saturated heterocycles. The van der Waals surface area contributed by atoms with E-state index in [1.54, 1.807) is 60.7 Å². The number of ketones is 1. The monoisotopic (exact) mass is 644 g/mol. The Bertz CT molecular complexity index is 1770. The number of likely N-dealkylation sites (tertiary alicyclic amines) is 1. The molecule has 2 heterocycles. The van der Waals surface area contributed by atoms with E-state index in [1.165, 1.54) is 4.90 Å². The zero-order valence-electron chi connectivity index (χ0n) is 24.1. The van der Waals surface area contributed by atoms with Crippen molar-refractivity contribution >= 4 is 63.6 Å². The first-order valence-corrected chi connectivity index (χ1v) is 15.0. The van der Waals surface area contributed by atoms with Gasteiger partial charge in [-0.25, -0.2) is 4.79 Å². The maximum Gasteiger partial charge on any atom is 0.335 e. The summed E-state index contributed by atoms with van der Waals surface area (Å²) in [6.45, 7) is 4.12. The van der Waals surface area contributed by atoms with Gasteiger partial charge in [-0.15, -0.1) is 0 Å². The first-order valence-electron chi connectivity index (χ1n) is 14.3. The van der Waals surface area contributed by atoms with Crippen LogP contribution in [0.25, 0.3) is 16.8 Å². The molecule has 6 rings (SSSR count). The number of benzene rings is 4. The van der Waals surface area contributed by atoms with Crippen LogP contribution in [0.15, 0.2) is 91.5 Å². The third-order valence-corrected chi connectivity index (χ3v) is 8.57. The van der Waals surface area contributed by atoms with Crippen LogP contribution in [0.2, 0.25) is 10.0 Å². The van der Waals surface area contributed by atoms with E-state index >= 15 is 0 Å². The molecule has 3 unspecified atom stereocenters. The lowest BCUT2D eigenvalue weighted by Crippen LogP contribution is -2.53. The molecule has 3 atom stereocenters. The lowest BCUT2D eigenvalue weighted by molar-refractivity contribution is -0.138. The van der Waals surface area contributed by atoms with E-state index in [1.807, 2.05) is 30.3 Å². The van der Waals surface area contributed by atoms with E-state index in [2.05, 4.69) is 11.9 Å². The summed E-state index contributed by atoms with van der Waals surface area (Å²) in [4.78, 5) is 50.9. The van der Waals surface area contributed by atoms with Crippen LogP contribution < -0.4 is 5.32 Å². The number of nitrogens with zero attached hydrogens (tertiary/aromatic N) is 1. The van der Waals surface area contributed by atoms with Crippen molar-refractivity contribution in [3.8, 4) is 0 Å². The molecule has 2 N–H and O–H groups in total. The summed E-state index contributed by atoms with van der Waals surface area (Å²) >= 11 is 12.2. The largest absolute Gasteiger partial charge is 0.478 e. The second kappa shape index (κ2) is 14.1. The molecule has 0 spiro atoms. The molecule has 4 aromatic carbocycles. The molecule has 2 aliphatic heterocycles. The lowest BCUT2D eigenvalue weighted by Gasteiger charge is -2.27. The van der Waals surface area contributed by atoms with Gasteiger partial charge in [-0.3, -0.25) is 14.4 Å². The number of carboxylic acid groups (broad SMARTS) is 1. The van der Waals surface area contributed by atoms with Crippen molar-refractivity contribution in [1.82, 2.24) is 10.2 Å². The van der Waals surface area contributed by atoms with Gasteiger partial charge in [-0.1, -0.05) is 84.4 Å². The highest BCUT2D eigenvalue weighted by atomic mass is 35.5. The predicted molar refractivity (Wildman–Crippen MR) is 174 cm³/mol. The number of Topliss-reactive ketones (excluding diaryl/α,β-unsaturated/α-hetero) is 1. The fourth-order valence-electron chi connectivity index (χ4n) is 5.48. The minimum atomic E-state index is -0.884. The number of carbonyl (C=O) groups excluding carboxylic acids is 3. The molecule has 45 heavy (non-hydrogen) atoms. The number of hydrogen-bond acceptors (Lipinski definition) is 5. The molecule has 2 aliphatic rings. The number of carbonyl (C=O) groups is 4. The fraction of sp³-hybridized carbons (Fsp3) is 0.200. The van der Waals surface area contributed by atoms with Gasteiger partial charge in [-0.05, 0) is 64.7 Å². The molecule has 2 amide bonds. The zero-order valence-corrected chi connectivity index (χ0v) is 25.6. The minimum Gasteiger partial charge on any atom is -0.478 e. The Kier molecular flexibility index (Phi) is 9.98. The van der Waals surface area contributed by atoms with Crippen LogP contribution in [0.3, 0.4) is 0 Å². The van der Waals surface area contributed by atoms with Crippen LogP contribution in [-0.4, -0.2) is 64.9 Å². The van der Waals surface area contributed by atoms with Gasteiger partial charge in [-0.2, -0.15) is 0 Å². The van der Waals surface area contributed by atoms with Crippen molar-refractivity contribution in [2.24, 2.45) is 0 Å². The highest BCUT2D eigenvalue weighted by Crippen LogP contribution is 2.29. The number of rotatable bonds is 7. The minimum absolute atomic E-state index is 0.0125. The van der Waals surface area contributed by atoms with Gasteiger partial charge in [0.05, 0.1) is 21.7 Å². The number of hydrogen-bond donors (Lipinski definition) is 2. The van der Waals surface area contributed by atoms with Crippen molar-refractivity contribution in [3.63, 3.8) is 0 Å². The SMILES string of the molecule is C=Cc1ccc(C(=O)NC(Cc2ccc(Cl)c(Cl)c2)C(=O)N2CCC3OCC(=O)C32)cc1.O=C(O)c1ccc2ccccc2c1. The Hall–Kier alpha value is -4.50. The van der Waals surface area contributed by atoms with Gasteiger partial charge >= 0.3 is 5.97 Å². The average molecular weight is 646 g/mol. The van der Waals surface area contributed by atoms with Gasteiger partial charge in [0, 0.05) is 18.5 Å². The van der Waals surface area contributed by atoms with E-state index in [0.717, 1.165) is 21.9 Å². The topological polar surface area (TPSA) is 113 Å². The van der Waals surface area contributed by atoms with Gasteiger partial charge in [0.25, 0.3) is 5.91 Å². The number of nitrogens with one attached hydrogen (secondary N) is 1. The quantitative estimate of drug-likeness (QED) is 0.252. The van der Waals surface area contributed by atoms with Gasteiger partial charge in [0.1, 0.15) is 18.7 Å². The zero-order chi connectivity index (χ0) is 32.1. The lowest BCUT2D eigenvalue weighted by atomic mass is 10.0. The number of amides is 2. The third kappa shape index (κ3) is 7.42. The first-order chi connectivity index (χ1) is 21.6. The fourth-order valence-corrected chi connectivity index (χ4v) is 5.80. The summed E-state index contributed by atoms with van der Waals surface area (Å²) < 4.78 is 5.50. The molecule has 10 heteroatoms. The average Bonchev–Trinajstić information content (AvgIpc) is 3.65. The van der Waals surface area contributed by atoms with Crippen LogP contribution in [-0.2, 0) is 20.7 Å². The molecule has 2 fully saturated rings. The normalized spacial score (nSPS) is 17.6. The van der Waals surface area contributed by atoms with Crippen molar-refractivity contribution in [1.29, 1.82) is 0 Å². The van der Waals surface area contributed by atoms with E-state index in [0.29, 0.717) is 34.1 Å². The molecule has 0 aromatic heterocycles. The predicted octanol–water partition coefficient (Wildman–Crippen LogP) is 6.08. The number of carboxylic acids is 1. The standard InChI is InChI=1S/C24H22Cl2N2O4.C11H8O2/c1-2-14-3-6-16(7-4-14)23(30)27-19(12-15-5-8-17(25)18(26)11-15)24(31)28-10-9-21-22(28)20(29)13-32-21;12-11(13)10-6-5-8-3-1-2-4-9(8)7-10/h2-8,11,19,21-22H,1,9-10,12-13H2,(H,27,30);1-7H,(H,12,13). The molecule has 0 aliphatic carbocycles. The van der Waals surface area contributed by atoms with Crippen LogP contribution in [0.1, 0.15) is 38.3 Å². The number of fused-ring (bicyclic) bond motifs is 2. The van der Waals surface area contributed by atoms with Crippen molar-refractivity contribution in [2.45, 2.75) is 31.0 Å². The summed E-state index contributed by atoms with van der Waals surface area (Å²) in [6.07, 6.45) is 2.20. The highest BCUT2D eigenvalue weighted by molar-refractivity contribution is 6.42. The van der Waals surface area contributed by atoms with Crippen molar-refractivity contribution in [2.75, 3.05) is 13.2 Å². The molecule has 0 radical (unpaired) electrons. The van der Waals surface area contributed by atoms with Gasteiger partial charge in [0.2, 0.25) is 5.91 Å². The summed E-state index contributed by atoms with van der Waals surface area (Å²) in [7, 11) is 0. The van der Waals surface area contributed by atoms with E-state index in [-0.39, 0.29) is 36.7 Å². The summed E-state index contributed by atoms with van der Waals surface area (Å²) in [5, 5.41) is 14.4. The molecule has 8 nitrogen and oxygen atoms in total. The number of aromatic carboxylic acids is 1. The molecule has 230 valence electrons. The van der Waals surface area contributed by atoms with Crippen molar-refractivity contribution < 1.29 is 29.0 Å². The summed E-state index contributed by atoms with van der Waals surface area (Å²) in [5.74, 6) is -1.70. The summed E-state index contributed by atoms with van der Waals surface area (Å²) in [5.41, 5.74) is 2.37. The Morgan fingerprint density at radius 1 is 0.956 bits per heavy atom. The van der Waals surface area contributed by atoms with Gasteiger partial charge in [0.15, 0.2) is 5.78 Å². The second-order valence-electron chi connectivity index (χ2n) is 10.8. The van der Waals surface area contributed by atoms with Crippen LogP contribution >= 0.6 is 23.2 Å². The highest BCUT2D eigenvalue weighted by Gasteiger charge is 2.48. The molecule has 0 bridgehead atoms. The van der Waals surface area contributed by atoms with Gasteiger partial charge < -0.3 is 20.1 Å². The Labute approximate surface area is 270 Å². The molecule has 4 aromatic rings. The van der Waals surface area contributed by atoms with Crippen LogP contribution in [0, 0.1) is 0 Å². The molecular formula is C35H30Cl2N2O6. The maximum atomic E-state index is 13.5. The number of halogens is 2. The maximum absolute atomic E-state index is 13.5. The summed E-state index contributed by atoms with van der Waals surface area (Å²) in [6, 6.07) is 23.3. The van der Waals surface area contributed by atoms with E-state index in [4.69, 9.17) is 33.0 Å². The number of ether oxygens (including phenoxy) is 1. The Morgan fingerprint density at radius 3 is 2.36 bits per heavy atom. The molecular weight excluding hydrogens is 615 g/mol. The Morgan fingerprint density at radius 2 is 1.67 bits per heavy atom. The second-order valence-corrected chi connectivity index (χ2v) is 11.6. The van der Waals surface area contributed by atoms with E-state index < -0.39 is 18.1 Å².